The quantitative estimate of drug-likeness (QED) is 0.0261. The van der Waals surface area contributed by atoms with E-state index in [4.69, 9.17) is 9.47 Å². The summed E-state index contributed by atoms with van der Waals surface area (Å²) in [5.74, 6) is -0.188. The topological polar surface area (TPSA) is 149 Å². The van der Waals surface area contributed by atoms with Crippen LogP contribution in [-0.4, -0.2) is 87.5 Å². The first-order valence-corrected chi connectivity index (χ1v) is 32.2. The van der Waals surface area contributed by atoms with Crippen molar-refractivity contribution in [3.05, 3.63) is 36.5 Å². The van der Waals surface area contributed by atoms with Crippen LogP contribution in [0.15, 0.2) is 36.5 Å². The highest BCUT2D eigenvalue weighted by atomic mass is 16.7. The summed E-state index contributed by atoms with van der Waals surface area (Å²) in [6.07, 6.45) is 65.3. The predicted molar refractivity (Wildman–Crippen MR) is 313 cm³/mol. The van der Waals surface area contributed by atoms with Gasteiger partial charge in [-0.1, -0.05) is 288 Å². The van der Waals surface area contributed by atoms with Crippen molar-refractivity contribution in [2.24, 2.45) is 0 Å². The molecule has 1 fully saturated rings. The van der Waals surface area contributed by atoms with E-state index < -0.39 is 49.5 Å². The number of unbranched alkanes of at least 4 members (excludes halogenated alkanes) is 42. The van der Waals surface area contributed by atoms with Gasteiger partial charge in [0.25, 0.3) is 0 Å². The fourth-order valence-electron chi connectivity index (χ4n) is 10.3. The largest absolute Gasteiger partial charge is 0.394 e. The molecule has 9 nitrogen and oxygen atoms in total. The van der Waals surface area contributed by atoms with Gasteiger partial charge in [0, 0.05) is 6.42 Å². The van der Waals surface area contributed by atoms with Crippen LogP contribution < -0.4 is 5.32 Å². The summed E-state index contributed by atoms with van der Waals surface area (Å²) in [5.41, 5.74) is 0. The highest BCUT2D eigenvalue weighted by Crippen LogP contribution is 2.23. The summed E-state index contributed by atoms with van der Waals surface area (Å²) in [6, 6.07) is -0.824. The van der Waals surface area contributed by atoms with E-state index in [1.54, 1.807) is 6.08 Å². The van der Waals surface area contributed by atoms with E-state index in [9.17, 15) is 30.3 Å². The zero-order chi connectivity index (χ0) is 53.6. The molecule has 7 atom stereocenters. The average molecular weight is 1050 g/mol. The molecule has 0 radical (unpaired) electrons. The molecular formula is C65H123NO8. The van der Waals surface area contributed by atoms with Crippen molar-refractivity contribution in [3.63, 3.8) is 0 Å². The van der Waals surface area contributed by atoms with Gasteiger partial charge in [-0.3, -0.25) is 4.79 Å². The van der Waals surface area contributed by atoms with E-state index in [0.29, 0.717) is 6.42 Å². The Kier molecular flexibility index (Phi) is 52.1. The molecule has 1 amide bonds. The molecule has 0 bridgehead atoms. The molecule has 0 saturated carbocycles. The van der Waals surface area contributed by atoms with Crippen LogP contribution in [0.4, 0.5) is 0 Å². The number of ether oxygens (including phenoxy) is 2. The third-order valence-electron chi connectivity index (χ3n) is 15.4. The molecule has 0 aromatic carbocycles. The summed E-state index contributed by atoms with van der Waals surface area (Å²) >= 11 is 0. The minimum absolute atomic E-state index is 0.188. The van der Waals surface area contributed by atoms with Gasteiger partial charge in [-0.05, 0) is 57.8 Å². The Morgan fingerprint density at radius 2 is 0.770 bits per heavy atom. The first kappa shape index (κ1) is 70.4. The summed E-state index contributed by atoms with van der Waals surface area (Å²) in [7, 11) is 0. The maximum Gasteiger partial charge on any atom is 0.220 e. The first-order valence-electron chi connectivity index (χ1n) is 32.2. The number of rotatable bonds is 56. The number of allylic oxidation sites excluding steroid dienone is 5. The minimum atomic E-state index is -1.57. The summed E-state index contributed by atoms with van der Waals surface area (Å²) in [5, 5.41) is 54.6. The summed E-state index contributed by atoms with van der Waals surface area (Å²) in [6.45, 7) is 3.79. The molecule has 1 rings (SSSR count). The van der Waals surface area contributed by atoms with E-state index in [-0.39, 0.29) is 12.5 Å². The van der Waals surface area contributed by atoms with Gasteiger partial charge in [0.1, 0.15) is 24.4 Å². The van der Waals surface area contributed by atoms with Gasteiger partial charge in [0.2, 0.25) is 5.91 Å². The van der Waals surface area contributed by atoms with Crippen molar-refractivity contribution in [1.82, 2.24) is 5.32 Å². The van der Waals surface area contributed by atoms with Crippen molar-refractivity contribution >= 4 is 5.91 Å². The number of carbonyl (C=O) groups is 1. The first-order chi connectivity index (χ1) is 36.3. The van der Waals surface area contributed by atoms with Gasteiger partial charge in [0.15, 0.2) is 6.29 Å². The molecule has 0 aromatic heterocycles. The predicted octanol–water partition coefficient (Wildman–Crippen LogP) is 16.7. The maximum absolute atomic E-state index is 13.1. The Morgan fingerprint density at radius 3 is 1.14 bits per heavy atom. The zero-order valence-electron chi connectivity index (χ0n) is 48.6. The lowest BCUT2D eigenvalue weighted by molar-refractivity contribution is -0.302. The molecule has 7 unspecified atom stereocenters. The van der Waals surface area contributed by atoms with Gasteiger partial charge in [0.05, 0.1) is 25.4 Å². The third kappa shape index (κ3) is 43.4. The standard InChI is InChI=1S/C65H123NO8/c1-3-5-7-9-11-13-15-17-19-21-23-24-25-26-27-28-29-30-31-32-33-34-35-36-37-38-40-42-44-46-48-50-52-54-59(68)58(57-73-65-64(72)63(71)62(70)60(56-67)74-65)66-61(69)55-53-51-49-47-45-43-41-39-22-20-18-16-14-12-10-8-6-4-2/h20,22,44,46,52,54,58-60,62-65,67-68,70-72H,3-19,21,23-43,45,47-51,53,55-57H2,1-2H3,(H,66,69)/b22-20-,46-44+,54-52+. The van der Waals surface area contributed by atoms with Crippen LogP contribution in [0, 0.1) is 0 Å². The Morgan fingerprint density at radius 1 is 0.446 bits per heavy atom. The van der Waals surface area contributed by atoms with Crippen molar-refractivity contribution in [1.29, 1.82) is 0 Å². The van der Waals surface area contributed by atoms with Crippen LogP contribution in [0.2, 0.25) is 0 Å². The van der Waals surface area contributed by atoms with Crippen molar-refractivity contribution in [3.8, 4) is 0 Å². The van der Waals surface area contributed by atoms with Crippen LogP contribution in [-0.2, 0) is 14.3 Å². The van der Waals surface area contributed by atoms with Crippen LogP contribution in [0.1, 0.15) is 316 Å². The number of carbonyl (C=O) groups excluding carboxylic acids is 1. The Labute approximate surface area is 457 Å². The molecule has 0 aliphatic carbocycles. The molecule has 0 spiro atoms. The Bertz CT molecular complexity index is 1260. The minimum Gasteiger partial charge on any atom is -0.394 e. The molecule has 1 aliphatic heterocycles. The number of aliphatic hydroxyl groups is 5. The molecule has 0 aromatic rings. The molecule has 6 N–H and O–H groups in total. The van der Waals surface area contributed by atoms with Crippen molar-refractivity contribution in [2.45, 2.75) is 358 Å². The molecule has 1 heterocycles. The third-order valence-corrected chi connectivity index (χ3v) is 15.4. The second-order valence-corrected chi connectivity index (χ2v) is 22.5. The van der Waals surface area contributed by atoms with E-state index in [1.807, 2.05) is 6.08 Å². The Balaban J connectivity index is 2.16. The highest BCUT2D eigenvalue weighted by Gasteiger charge is 2.44. The molecule has 74 heavy (non-hydrogen) atoms. The smallest absolute Gasteiger partial charge is 0.220 e. The number of nitrogens with one attached hydrogen (secondary N) is 1. The molecule has 1 aliphatic rings. The van der Waals surface area contributed by atoms with E-state index >= 15 is 0 Å². The van der Waals surface area contributed by atoms with E-state index in [1.165, 1.54) is 244 Å². The lowest BCUT2D eigenvalue weighted by Gasteiger charge is -2.40. The van der Waals surface area contributed by atoms with Gasteiger partial charge in [-0.2, -0.15) is 0 Å². The molecule has 436 valence electrons. The summed E-state index contributed by atoms with van der Waals surface area (Å²) in [4.78, 5) is 13.1. The molecule has 1 saturated heterocycles. The maximum atomic E-state index is 13.1. The number of amides is 1. The fraction of sp³-hybridized carbons (Fsp3) is 0.892. The van der Waals surface area contributed by atoms with Crippen LogP contribution in [0.3, 0.4) is 0 Å². The lowest BCUT2D eigenvalue weighted by atomic mass is 9.99. The van der Waals surface area contributed by atoms with Crippen molar-refractivity contribution in [2.75, 3.05) is 13.2 Å². The second-order valence-electron chi connectivity index (χ2n) is 22.5. The van der Waals surface area contributed by atoms with Gasteiger partial charge < -0.3 is 40.3 Å². The highest BCUT2D eigenvalue weighted by molar-refractivity contribution is 5.76. The number of aliphatic hydroxyl groups excluding tert-OH is 5. The van der Waals surface area contributed by atoms with Gasteiger partial charge in [-0.25, -0.2) is 0 Å². The Hall–Kier alpha value is -1.59. The molecule has 9 heteroatoms. The number of hydrogen-bond donors (Lipinski definition) is 6. The average Bonchev–Trinajstić information content (AvgIpc) is 3.40. The van der Waals surface area contributed by atoms with Crippen LogP contribution in [0.25, 0.3) is 0 Å². The van der Waals surface area contributed by atoms with E-state index in [2.05, 4.69) is 43.5 Å². The zero-order valence-corrected chi connectivity index (χ0v) is 48.6. The van der Waals surface area contributed by atoms with Crippen LogP contribution in [0.5, 0.6) is 0 Å². The van der Waals surface area contributed by atoms with Crippen molar-refractivity contribution < 1.29 is 39.8 Å². The van der Waals surface area contributed by atoms with E-state index in [0.717, 1.165) is 51.4 Å². The monoisotopic (exact) mass is 1050 g/mol. The van der Waals surface area contributed by atoms with Crippen LogP contribution >= 0.6 is 0 Å². The molecular weight excluding hydrogens is 923 g/mol. The fourth-order valence-corrected chi connectivity index (χ4v) is 10.3. The summed E-state index contributed by atoms with van der Waals surface area (Å²) < 4.78 is 11.3. The normalized spacial score (nSPS) is 19.1. The van der Waals surface area contributed by atoms with Gasteiger partial charge in [-0.15, -0.1) is 0 Å². The lowest BCUT2D eigenvalue weighted by Crippen LogP contribution is -2.60. The number of hydrogen-bond acceptors (Lipinski definition) is 8. The second kappa shape index (κ2) is 54.8. The van der Waals surface area contributed by atoms with Gasteiger partial charge >= 0.3 is 0 Å². The SMILES string of the molecule is CCCCCCCCC/C=C\CCCCCCCCCC(=O)NC(COC1OC(CO)C(O)C(O)C1O)C(O)/C=C/CC/C=C/CCCCCCCCCCCCCCCCCCCCCCCCCCCCC.